The highest BCUT2D eigenvalue weighted by Crippen LogP contribution is 2.40. The van der Waals surface area contributed by atoms with Crippen LogP contribution in [0.15, 0.2) is 0 Å². The minimum Gasteiger partial charge on any atom is -0.353 e. The zero-order valence-electron chi connectivity index (χ0n) is 11.1. The Kier molecular flexibility index (Phi) is 3.18. The SMILES string of the molecule is CCC1CCCN1c1nc(C2CC2)nc(Cl)c1C. The summed E-state index contributed by atoms with van der Waals surface area (Å²) in [5.41, 5.74) is 1.04. The molecule has 0 N–H and O–H groups in total. The summed E-state index contributed by atoms with van der Waals surface area (Å²) in [6, 6.07) is 0.627. The van der Waals surface area contributed by atoms with Crippen molar-refractivity contribution >= 4 is 17.4 Å². The molecule has 1 saturated carbocycles. The second kappa shape index (κ2) is 4.69. The molecule has 0 bridgehead atoms. The summed E-state index contributed by atoms with van der Waals surface area (Å²) in [6.45, 7) is 5.40. The number of aromatic nitrogens is 2. The van der Waals surface area contributed by atoms with E-state index in [0.717, 1.165) is 23.8 Å². The molecular formula is C14H20ClN3. The molecule has 1 aliphatic heterocycles. The highest BCUT2D eigenvalue weighted by atomic mass is 35.5. The van der Waals surface area contributed by atoms with Gasteiger partial charge < -0.3 is 4.90 Å². The van der Waals surface area contributed by atoms with E-state index in [-0.39, 0.29) is 0 Å². The maximum absolute atomic E-state index is 6.28. The number of anilines is 1. The van der Waals surface area contributed by atoms with E-state index in [4.69, 9.17) is 16.6 Å². The zero-order chi connectivity index (χ0) is 12.7. The lowest BCUT2D eigenvalue weighted by molar-refractivity contribution is 0.637. The minimum atomic E-state index is 0.560. The summed E-state index contributed by atoms with van der Waals surface area (Å²) in [5, 5.41) is 0.642. The van der Waals surface area contributed by atoms with E-state index in [1.807, 2.05) is 6.92 Å². The molecule has 1 aromatic rings. The average Bonchev–Trinajstić information content (AvgIpc) is 3.11. The molecule has 1 saturated heterocycles. The van der Waals surface area contributed by atoms with E-state index in [9.17, 15) is 0 Å². The number of rotatable bonds is 3. The van der Waals surface area contributed by atoms with Crippen LogP contribution in [0.4, 0.5) is 5.82 Å². The number of nitrogens with zero attached hydrogens (tertiary/aromatic N) is 3. The first kappa shape index (κ1) is 12.2. The van der Waals surface area contributed by atoms with Crippen molar-refractivity contribution in [1.82, 2.24) is 9.97 Å². The van der Waals surface area contributed by atoms with E-state index in [0.29, 0.717) is 17.1 Å². The van der Waals surface area contributed by atoms with Gasteiger partial charge in [-0.15, -0.1) is 0 Å². The zero-order valence-corrected chi connectivity index (χ0v) is 11.9. The fourth-order valence-corrected chi connectivity index (χ4v) is 3.01. The third-order valence-corrected chi connectivity index (χ3v) is 4.51. The summed E-state index contributed by atoms with van der Waals surface area (Å²) in [7, 11) is 0. The van der Waals surface area contributed by atoms with Crippen molar-refractivity contribution in [1.29, 1.82) is 0 Å². The van der Waals surface area contributed by atoms with E-state index in [1.54, 1.807) is 0 Å². The Hall–Kier alpha value is -0.830. The second-order valence-corrected chi connectivity index (χ2v) is 5.85. The van der Waals surface area contributed by atoms with Gasteiger partial charge in [-0.25, -0.2) is 9.97 Å². The molecule has 0 radical (unpaired) electrons. The molecule has 1 unspecified atom stereocenters. The molecule has 0 spiro atoms. The van der Waals surface area contributed by atoms with Crippen molar-refractivity contribution in [3.8, 4) is 0 Å². The second-order valence-electron chi connectivity index (χ2n) is 5.49. The summed E-state index contributed by atoms with van der Waals surface area (Å²) in [5.74, 6) is 2.60. The first-order valence-corrected chi connectivity index (χ1v) is 7.39. The quantitative estimate of drug-likeness (QED) is 0.781. The fourth-order valence-electron chi connectivity index (χ4n) is 2.84. The lowest BCUT2D eigenvalue weighted by Gasteiger charge is -2.26. The molecule has 98 valence electrons. The third-order valence-electron chi connectivity index (χ3n) is 4.14. The highest BCUT2D eigenvalue weighted by Gasteiger charge is 2.31. The Morgan fingerprint density at radius 1 is 1.28 bits per heavy atom. The van der Waals surface area contributed by atoms with E-state index in [1.165, 1.54) is 32.1 Å². The Balaban J connectivity index is 1.98. The van der Waals surface area contributed by atoms with Crippen LogP contribution in [0.2, 0.25) is 5.15 Å². The van der Waals surface area contributed by atoms with Gasteiger partial charge in [0, 0.05) is 24.1 Å². The van der Waals surface area contributed by atoms with Gasteiger partial charge >= 0.3 is 0 Å². The van der Waals surface area contributed by atoms with Gasteiger partial charge in [0.15, 0.2) is 0 Å². The minimum absolute atomic E-state index is 0.560. The average molecular weight is 266 g/mol. The standard InChI is InChI=1S/C14H20ClN3/c1-3-11-5-4-8-18(11)14-9(2)12(15)16-13(17-14)10-6-7-10/h10-11H,3-8H2,1-2H3. The topological polar surface area (TPSA) is 29.0 Å². The van der Waals surface area contributed by atoms with Gasteiger partial charge in [-0.1, -0.05) is 18.5 Å². The Labute approximate surface area is 114 Å². The first-order chi connectivity index (χ1) is 8.70. The van der Waals surface area contributed by atoms with Crippen LogP contribution in [-0.2, 0) is 0 Å². The van der Waals surface area contributed by atoms with Crippen molar-refractivity contribution < 1.29 is 0 Å². The summed E-state index contributed by atoms with van der Waals surface area (Å²) < 4.78 is 0. The van der Waals surface area contributed by atoms with Crippen molar-refractivity contribution in [3.63, 3.8) is 0 Å². The number of hydrogen-bond donors (Lipinski definition) is 0. The Morgan fingerprint density at radius 2 is 2.06 bits per heavy atom. The van der Waals surface area contributed by atoms with Gasteiger partial charge in [-0.05, 0) is 39.0 Å². The largest absolute Gasteiger partial charge is 0.353 e. The van der Waals surface area contributed by atoms with Crippen molar-refractivity contribution in [2.24, 2.45) is 0 Å². The van der Waals surface area contributed by atoms with Crippen molar-refractivity contribution in [3.05, 3.63) is 16.5 Å². The van der Waals surface area contributed by atoms with Crippen LogP contribution in [0.25, 0.3) is 0 Å². The van der Waals surface area contributed by atoms with Crippen LogP contribution < -0.4 is 4.90 Å². The molecular weight excluding hydrogens is 246 g/mol. The lowest BCUT2D eigenvalue weighted by Crippen LogP contribution is -2.30. The number of hydrogen-bond acceptors (Lipinski definition) is 3. The van der Waals surface area contributed by atoms with E-state index < -0.39 is 0 Å². The summed E-state index contributed by atoms with van der Waals surface area (Å²) in [4.78, 5) is 11.7. The number of halogens is 1. The normalized spacial score (nSPS) is 23.7. The highest BCUT2D eigenvalue weighted by molar-refractivity contribution is 6.30. The fraction of sp³-hybridized carbons (Fsp3) is 0.714. The molecule has 0 aromatic carbocycles. The monoisotopic (exact) mass is 265 g/mol. The van der Waals surface area contributed by atoms with Gasteiger partial charge in [0.2, 0.25) is 0 Å². The molecule has 2 fully saturated rings. The molecule has 2 aliphatic rings. The molecule has 3 nitrogen and oxygen atoms in total. The molecule has 1 aliphatic carbocycles. The molecule has 4 heteroatoms. The van der Waals surface area contributed by atoms with Crippen LogP contribution in [0, 0.1) is 6.92 Å². The Morgan fingerprint density at radius 3 is 2.72 bits per heavy atom. The summed E-state index contributed by atoms with van der Waals surface area (Å²) in [6.07, 6.45) is 6.15. The van der Waals surface area contributed by atoms with Crippen LogP contribution in [0.3, 0.4) is 0 Å². The van der Waals surface area contributed by atoms with E-state index in [2.05, 4.69) is 16.8 Å². The molecule has 18 heavy (non-hydrogen) atoms. The maximum atomic E-state index is 6.28. The van der Waals surface area contributed by atoms with Gasteiger partial charge in [0.05, 0.1) is 0 Å². The van der Waals surface area contributed by atoms with E-state index >= 15 is 0 Å². The predicted octanol–water partition coefficient (Wildman–Crippen LogP) is 3.69. The van der Waals surface area contributed by atoms with Crippen LogP contribution in [0.5, 0.6) is 0 Å². The van der Waals surface area contributed by atoms with Gasteiger partial charge in [-0.2, -0.15) is 0 Å². The van der Waals surface area contributed by atoms with Gasteiger partial charge in [-0.3, -0.25) is 0 Å². The van der Waals surface area contributed by atoms with Gasteiger partial charge in [0.1, 0.15) is 16.8 Å². The van der Waals surface area contributed by atoms with Crippen LogP contribution in [-0.4, -0.2) is 22.6 Å². The van der Waals surface area contributed by atoms with Crippen molar-refractivity contribution in [2.75, 3.05) is 11.4 Å². The maximum Gasteiger partial charge on any atom is 0.137 e. The van der Waals surface area contributed by atoms with Crippen LogP contribution >= 0.6 is 11.6 Å². The third kappa shape index (κ3) is 2.09. The molecule has 0 amide bonds. The van der Waals surface area contributed by atoms with Gasteiger partial charge in [0.25, 0.3) is 0 Å². The molecule has 1 aromatic heterocycles. The van der Waals surface area contributed by atoms with Crippen molar-refractivity contribution in [2.45, 2.75) is 57.9 Å². The lowest BCUT2D eigenvalue weighted by atomic mass is 10.1. The first-order valence-electron chi connectivity index (χ1n) is 7.01. The molecule has 1 atom stereocenters. The smallest absolute Gasteiger partial charge is 0.137 e. The summed E-state index contributed by atoms with van der Waals surface area (Å²) >= 11 is 6.28. The molecule has 2 heterocycles. The predicted molar refractivity (Wildman–Crippen MR) is 74.4 cm³/mol. The Bertz CT molecular complexity index is 457. The van der Waals surface area contributed by atoms with Crippen LogP contribution in [0.1, 0.15) is 56.3 Å². The molecule has 3 rings (SSSR count).